The van der Waals surface area contributed by atoms with Crippen LogP contribution in [0.2, 0.25) is 0 Å². The fourth-order valence-electron chi connectivity index (χ4n) is 2.34. The number of anilines is 2. The third-order valence-electron chi connectivity index (χ3n) is 3.74. The van der Waals surface area contributed by atoms with Crippen molar-refractivity contribution in [2.24, 2.45) is 0 Å². The van der Waals surface area contributed by atoms with Crippen molar-refractivity contribution >= 4 is 35.0 Å². The molecule has 3 aromatic rings. The van der Waals surface area contributed by atoms with E-state index in [9.17, 15) is 18.4 Å². The lowest BCUT2D eigenvalue weighted by molar-refractivity contribution is -0.113. The van der Waals surface area contributed by atoms with Crippen LogP contribution in [0.4, 0.5) is 20.2 Å². The highest BCUT2D eigenvalue weighted by molar-refractivity contribution is 8.00. The highest BCUT2D eigenvalue weighted by Gasteiger charge is 2.08. The number of halogens is 2. The molecule has 0 fully saturated rings. The molecule has 0 aliphatic heterocycles. The summed E-state index contributed by atoms with van der Waals surface area (Å²) in [6.07, 6.45) is 0. The third-order valence-corrected chi connectivity index (χ3v) is 4.75. The largest absolute Gasteiger partial charge is 0.323 e. The maximum absolute atomic E-state index is 13.5. The van der Waals surface area contributed by atoms with E-state index in [1.54, 1.807) is 36.4 Å². The van der Waals surface area contributed by atoms with Crippen molar-refractivity contribution in [2.45, 2.75) is 4.90 Å². The molecule has 3 rings (SSSR count). The van der Waals surface area contributed by atoms with Gasteiger partial charge in [0.1, 0.15) is 11.6 Å². The molecule has 2 N–H and O–H groups in total. The molecule has 7 heteroatoms. The molecule has 0 saturated carbocycles. The maximum atomic E-state index is 13.5. The minimum atomic E-state index is -0.484. The first-order valence-electron chi connectivity index (χ1n) is 8.35. The molecule has 0 radical (unpaired) electrons. The van der Waals surface area contributed by atoms with E-state index in [-0.39, 0.29) is 23.3 Å². The smallest absolute Gasteiger partial charge is 0.255 e. The SMILES string of the molecule is O=C(CSc1ccc(NC(=O)c2ccc(F)cc2)cc1)Nc1ccccc1F. The molecule has 0 bridgehead atoms. The first kappa shape index (κ1) is 19.6. The Kier molecular flexibility index (Phi) is 6.39. The molecule has 0 aromatic heterocycles. The lowest BCUT2D eigenvalue weighted by atomic mass is 10.2. The standard InChI is InChI=1S/C21H16F2N2O2S/c22-15-7-5-14(6-8-15)21(27)24-16-9-11-17(12-10-16)28-13-20(26)25-19-4-2-1-3-18(19)23/h1-12H,13H2,(H,24,27)(H,25,26). The average Bonchev–Trinajstić information content (AvgIpc) is 2.70. The molecule has 0 heterocycles. The zero-order valence-corrected chi connectivity index (χ0v) is 15.4. The van der Waals surface area contributed by atoms with Crippen LogP contribution in [0.25, 0.3) is 0 Å². The van der Waals surface area contributed by atoms with E-state index in [4.69, 9.17) is 0 Å². The molecular formula is C21H16F2N2O2S. The summed E-state index contributed by atoms with van der Waals surface area (Å²) in [5, 5.41) is 5.24. The molecule has 2 amide bonds. The minimum Gasteiger partial charge on any atom is -0.323 e. The van der Waals surface area contributed by atoms with Crippen molar-refractivity contribution in [2.75, 3.05) is 16.4 Å². The highest BCUT2D eigenvalue weighted by Crippen LogP contribution is 2.21. The second-order valence-corrected chi connectivity index (χ2v) is 6.85. The Labute approximate surface area is 165 Å². The summed E-state index contributed by atoms with van der Waals surface area (Å²) < 4.78 is 26.4. The summed E-state index contributed by atoms with van der Waals surface area (Å²) in [5.41, 5.74) is 1.08. The van der Waals surface area contributed by atoms with Gasteiger partial charge in [0.15, 0.2) is 0 Å². The number of para-hydroxylation sites is 1. The number of rotatable bonds is 6. The molecule has 4 nitrogen and oxygen atoms in total. The zero-order valence-electron chi connectivity index (χ0n) is 14.6. The van der Waals surface area contributed by atoms with Crippen molar-refractivity contribution in [1.82, 2.24) is 0 Å². The van der Waals surface area contributed by atoms with Crippen molar-refractivity contribution in [3.63, 3.8) is 0 Å². The van der Waals surface area contributed by atoms with Crippen molar-refractivity contribution in [3.8, 4) is 0 Å². The van der Waals surface area contributed by atoms with Crippen molar-refractivity contribution < 1.29 is 18.4 Å². The third kappa shape index (κ3) is 5.40. The molecule has 0 saturated heterocycles. The monoisotopic (exact) mass is 398 g/mol. The summed E-state index contributed by atoms with van der Waals surface area (Å²) in [6.45, 7) is 0. The van der Waals surface area contributed by atoms with E-state index in [0.29, 0.717) is 11.3 Å². The zero-order chi connectivity index (χ0) is 19.9. The number of benzene rings is 3. The van der Waals surface area contributed by atoms with E-state index in [1.807, 2.05) is 0 Å². The minimum absolute atomic E-state index is 0.121. The Morgan fingerprint density at radius 3 is 2.18 bits per heavy atom. The summed E-state index contributed by atoms with van der Waals surface area (Å²) in [7, 11) is 0. The lowest BCUT2D eigenvalue weighted by Gasteiger charge is -2.08. The fourth-order valence-corrected chi connectivity index (χ4v) is 3.04. The summed E-state index contributed by atoms with van der Waals surface area (Å²) in [5.74, 6) is -1.43. The molecule has 0 atom stereocenters. The van der Waals surface area contributed by atoms with E-state index in [0.717, 1.165) is 4.90 Å². The predicted molar refractivity (Wildman–Crippen MR) is 107 cm³/mol. The molecule has 0 unspecified atom stereocenters. The Bertz CT molecular complexity index is 976. The number of carbonyl (C=O) groups is 2. The van der Waals surface area contributed by atoms with Crippen LogP contribution >= 0.6 is 11.8 Å². The number of amides is 2. The van der Waals surface area contributed by atoms with Gasteiger partial charge in [-0.1, -0.05) is 12.1 Å². The van der Waals surface area contributed by atoms with Gasteiger partial charge in [-0.2, -0.15) is 0 Å². The van der Waals surface area contributed by atoms with Crippen LogP contribution in [-0.4, -0.2) is 17.6 Å². The van der Waals surface area contributed by atoms with Gasteiger partial charge in [0.05, 0.1) is 11.4 Å². The normalized spacial score (nSPS) is 10.4. The topological polar surface area (TPSA) is 58.2 Å². The van der Waals surface area contributed by atoms with Gasteiger partial charge in [-0.05, 0) is 60.7 Å². The summed E-state index contributed by atoms with van der Waals surface area (Å²) >= 11 is 1.29. The molecular weight excluding hydrogens is 382 g/mol. The van der Waals surface area contributed by atoms with Crippen LogP contribution in [-0.2, 0) is 4.79 Å². The van der Waals surface area contributed by atoms with Crippen LogP contribution in [0.15, 0.2) is 77.7 Å². The lowest BCUT2D eigenvalue weighted by Crippen LogP contribution is -2.15. The molecule has 3 aromatic carbocycles. The Morgan fingerprint density at radius 1 is 0.821 bits per heavy atom. The summed E-state index contributed by atoms with van der Waals surface area (Å²) in [6, 6.07) is 18.2. The van der Waals surface area contributed by atoms with Gasteiger partial charge in [0.25, 0.3) is 5.91 Å². The number of thioether (sulfide) groups is 1. The van der Waals surface area contributed by atoms with Gasteiger partial charge >= 0.3 is 0 Å². The van der Waals surface area contributed by atoms with Crippen LogP contribution in [0.1, 0.15) is 10.4 Å². The second-order valence-electron chi connectivity index (χ2n) is 5.80. The van der Waals surface area contributed by atoms with E-state index < -0.39 is 11.6 Å². The van der Waals surface area contributed by atoms with E-state index in [1.165, 1.54) is 48.2 Å². The number of carbonyl (C=O) groups excluding carboxylic acids is 2. The predicted octanol–water partition coefficient (Wildman–Crippen LogP) is 4.95. The van der Waals surface area contributed by atoms with Crippen LogP contribution in [0.3, 0.4) is 0 Å². The van der Waals surface area contributed by atoms with Gasteiger partial charge in [-0.3, -0.25) is 9.59 Å². The number of hydrogen-bond donors (Lipinski definition) is 2. The molecule has 28 heavy (non-hydrogen) atoms. The first-order valence-corrected chi connectivity index (χ1v) is 9.34. The Morgan fingerprint density at radius 2 is 1.50 bits per heavy atom. The number of hydrogen-bond acceptors (Lipinski definition) is 3. The molecule has 0 aliphatic rings. The van der Waals surface area contributed by atoms with Gasteiger partial charge in [-0.25, -0.2) is 8.78 Å². The first-order chi connectivity index (χ1) is 13.5. The Balaban J connectivity index is 1.51. The van der Waals surface area contributed by atoms with Crippen LogP contribution < -0.4 is 10.6 Å². The molecule has 0 aliphatic carbocycles. The quantitative estimate of drug-likeness (QED) is 0.578. The van der Waals surface area contributed by atoms with E-state index >= 15 is 0 Å². The average molecular weight is 398 g/mol. The molecule has 142 valence electrons. The second kappa shape index (κ2) is 9.14. The van der Waals surface area contributed by atoms with Gasteiger partial charge in [-0.15, -0.1) is 11.8 Å². The van der Waals surface area contributed by atoms with Crippen molar-refractivity contribution in [3.05, 3.63) is 90.0 Å². The van der Waals surface area contributed by atoms with Gasteiger partial charge < -0.3 is 10.6 Å². The van der Waals surface area contributed by atoms with E-state index in [2.05, 4.69) is 10.6 Å². The molecule has 0 spiro atoms. The maximum Gasteiger partial charge on any atom is 0.255 e. The van der Waals surface area contributed by atoms with Gasteiger partial charge in [0.2, 0.25) is 5.91 Å². The van der Waals surface area contributed by atoms with Gasteiger partial charge in [0, 0.05) is 16.1 Å². The fraction of sp³-hybridized carbons (Fsp3) is 0.0476. The highest BCUT2D eigenvalue weighted by atomic mass is 32.2. The van der Waals surface area contributed by atoms with Crippen LogP contribution in [0, 0.1) is 11.6 Å². The summed E-state index contributed by atoms with van der Waals surface area (Å²) in [4.78, 5) is 24.9. The number of nitrogens with one attached hydrogen (secondary N) is 2. The Hall–Kier alpha value is -3.19. The van der Waals surface area contributed by atoms with Crippen LogP contribution in [0.5, 0.6) is 0 Å². The van der Waals surface area contributed by atoms with Crippen molar-refractivity contribution in [1.29, 1.82) is 0 Å².